The van der Waals surface area contributed by atoms with Gasteiger partial charge in [0, 0.05) is 18.7 Å². The zero-order valence-electron chi connectivity index (χ0n) is 9.41. The zero-order chi connectivity index (χ0) is 13.8. The monoisotopic (exact) mass is 274 g/mol. The Morgan fingerprint density at radius 2 is 1.89 bits per heavy atom. The molecular formula is C11H12F2N2O2S. The van der Waals surface area contributed by atoms with Crippen LogP contribution >= 0.6 is 0 Å². The van der Waals surface area contributed by atoms with E-state index in [0.29, 0.717) is 12.8 Å². The van der Waals surface area contributed by atoms with Gasteiger partial charge in [0.25, 0.3) is 0 Å². The van der Waals surface area contributed by atoms with E-state index in [1.165, 1.54) is 0 Å². The SMILES string of the molecule is C#CCCCNS(=O)(=O)c1c(F)cc(N)cc1F. The highest BCUT2D eigenvalue weighted by Crippen LogP contribution is 2.21. The van der Waals surface area contributed by atoms with Gasteiger partial charge in [-0.2, -0.15) is 0 Å². The molecule has 3 N–H and O–H groups in total. The fourth-order valence-corrected chi connectivity index (χ4v) is 2.49. The number of unbranched alkanes of at least 4 members (excludes halogenated alkanes) is 1. The molecule has 1 aromatic rings. The van der Waals surface area contributed by atoms with Gasteiger partial charge in [0.2, 0.25) is 10.0 Å². The Kier molecular flexibility index (Phi) is 4.64. The molecule has 0 aliphatic carbocycles. The largest absolute Gasteiger partial charge is 0.399 e. The maximum absolute atomic E-state index is 13.4. The van der Waals surface area contributed by atoms with Gasteiger partial charge in [-0.1, -0.05) is 0 Å². The first-order chi connectivity index (χ1) is 8.38. The number of hydrogen-bond donors (Lipinski definition) is 2. The molecule has 18 heavy (non-hydrogen) atoms. The van der Waals surface area contributed by atoms with Crippen molar-refractivity contribution in [3.8, 4) is 12.3 Å². The minimum atomic E-state index is -4.24. The molecule has 0 saturated carbocycles. The van der Waals surface area contributed by atoms with Crippen molar-refractivity contribution in [2.24, 2.45) is 0 Å². The van der Waals surface area contributed by atoms with E-state index in [9.17, 15) is 17.2 Å². The van der Waals surface area contributed by atoms with Crippen LogP contribution in [0.25, 0.3) is 0 Å². The first-order valence-corrected chi connectivity index (χ1v) is 6.54. The standard InChI is InChI=1S/C11H12F2N2O2S/c1-2-3-4-5-15-18(16,17)11-9(12)6-8(14)7-10(11)13/h1,6-7,15H,3-5,14H2. The number of terminal acetylenes is 1. The van der Waals surface area contributed by atoms with E-state index in [1.807, 2.05) is 0 Å². The van der Waals surface area contributed by atoms with Crippen LogP contribution in [0.2, 0.25) is 0 Å². The summed E-state index contributed by atoms with van der Waals surface area (Å²) in [6, 6.07) is 1.50. The predicted molar refractivity (Wildman–Crippen MR) is 64.0 cm³/mol. The number of nitrogen functional groups attached to an aromatic ring is 1. The molecule has 0 aliphatic rings. The summed E-state index contributed by atoms with van der Waals surface area (Å²) >= 11 is 0. The van der Waals surface area contributed by atoms with Gasteiger partial charge in [0.15, 0.2) is 4.90 Å². The molecule has 0 spiro atoms. The van der Waals surface area contributed by atoms with Crippen molar-refractivity contribution in [2.75, 3.05) is 12.3 Å². The minimum absolute atomic E-state index is 0.00971. The van der Waals surface area contributed by atoms with E-state index >= 15 is 0 Å². The topological polar surface area (TPSA) is 72.2 Å². The highest BCUT2D eigenvalue weighted by atomic mass is 32.2. The third kappa shape index (κ3) is 3.42. The molecule has 0 atom stereocenters. The Bertz CT molecular complexity index is 556. The highest BCUT2D eigenvalue weighted by Gasteiger charge is 2.23. The minimum Gasteiger partial charge on any atom is -0.399 e. The van der Waals surface area contributed by atoms with Crippen LogP contribution in [0.5, 0.6) is 0 Å². The lowest BCUT2D eigenvalue weighted by molar-refractivity contribution is 0.514. The number of halogens is 2. The maximum atomic E-state index is 13.4. The molecule has 7 heteroatoms. The van der Waals surface area contributed by atoms with Crippen LogP contribution < -0.4 is 10.5 Å². The lowest BCUT2D eigenvalue weighted by Gasteiger charge is -2.08. The Balaban J connectivity index is 2.96. The van der Waals surface area contributed by atoms with Crippen LogP contribution in [0.1, 0.15) is 12.8 Å². The number of benzene rings is 1. The molecule has 0 saturated heterocycles. The second kappa shape index (κ2) is 5.80. The molecule has 1 rings (SSSR count). The summed E-state index contributed by atoms with van der Waals surface area (Å²) in [6.45, 7) is 0.00971. The maximum Gasteiger partial charge on any atom is 0.246 e. The summed E-state index contributed by atoms with van der Waals surface area (Å²) < 4.78 is 52.2. The van der Waals surface area contributed by atoms with Gasteiger partial charge in [-0.25, -0.2) is 21.9 Å². The molecule has 98 valence electrons. The van der Waals surface area contributed by atoms with Crippen LogP contribution in [0.15, 0.2) is 17.0 Å². The molecule has 0 bridgehead atoms. The van der Waals surface area contributed by atoms with Crippen LogP contribution in [-0.2, 0) is 10.0 Å². The number of rotatable bonds is 5. The number of hydrogen-bond acceptors (Lipinski definition) is 3. The highest BCUT2D eigenvalue weighted by molar-refractivity contribution is 7.89. The first-order valence-electron chi connectivity index (χ1n) is 5.06. The van der Waals surface area contributed by atoms with Crippen molar-refractivity contribution in [1.82, 2.24) is 4.72 Å². The smallest absolute Gasteiger partial charge is 0.246 e. The summed E-state index contributed by atoms with van der Waals surface area (Å²) in [7, 11) is -4.24. The molecule has 0 amide bonds. The summed E-state index contributed by atoms with van der Waals surface area (Å²) in [5.74, 6) is -0.126. The molecule has 0 aromatic heterocycles. The van der Waals surface area contributed by atoms with E-state index in [4.69, 9.17) is 12.2 Å². The summed E-state index contributed by atoms with van der Waals surface area (Å²) in [5, 5.41) is 0. The molecule has 0 radical (unpaired) electrons. The van der Waals surface area contributed by atoms with Gasteiger partial charge in [0.1, 0.15) is 11.6 Å². The summed E-state index contributed by atoms with van der Waals surface area (Å²) in [4.78, 5) is -1.03. The van der Waals surface area contributed by atoms with E-state index in [0.717, 1.165) is 12.1 Å². The Hall–Kier alpha value is -1.65. The van der Waals surface area contributed by atoms with Crippen molar-refractivity contribution in [1.29, 1.82) is 0 Å². The van der Waals surface area contributed by atoms with Crippen molar-refractivity contribution < 1.29 is 17.2 Å². The van der Waals surface area contributed by atoms with Gasteiger partial charge in [-0.3, -0.25) is 0 Å². The quantitative estimate of drug-likeness (QED) is 0.482. The molecule has 0 fully saturated rings. The van der Waals surface area contributed by atoms with Gasteiger partial charge in [-0.15, -0.1) is 12.3 Å². The second-order valence-electron chi connectivity index (χ2n) is 3.52. The molecule has 0 unspecified atom stereocenters. The number of nitrogens with one attached hydrogen (secondary N) is 1. The average molecular weight is 274 g/mol. The van der Waals surface area contributed by atoms with Crippen molar-refractivity contribution in [3.63, 3.8) is 0 Å². The van der Waals surface area contributed by atoms with Crippen LogP contribution in [0.3, 0.4) is 0 Å². The van der Waals surface area contributed by atoms with Crippen molar-refractivity contribution in [2.45, 2.75) is 17.7 Å². The third-order valence-corrected chi connectivity index (χ3v) is 3.59. The molecule has 0 aliphatic heterocycles. The third-order valence-electron chi connectivity index (χ3n) is 2.08. The van der Waals surface area contributed by atoms with Gasteiger partial charge >= 0.3 is 0 Å². The lowest BCUT2D eigenvalue weighted by atomic mass is 10.3. The van der Waals surface area contributed by atoms with Gasteiger partial charge in [-0.05, 0) is 18.6 Å². The van der Waals surface area contributed by atoms with Crippen molar-refractivity contribution in [3.05, 3.63) is 23.8 Å². The van der Waals surface area contributed by atoms with Crippen LogP contribution in [-0.4, -0.2) is 15.0 Å². The fourth-order valence-electron chi connectivity index (χ4n) is 1.31. The Morgan fingerprint density at radius 3 is 2.39 bits per heavy atom. The second-order valence-corrected chi connectivity index (χ2v) is 5.22. The molecule has 0 heterocycles. The summed E-state index contributed by atoms with van der Waals surface area (Å²) in [5.41, 5.74) is 5.01. The summed E-state index contributed by atoms with van der Waals surface area (Å²) in [6.07, 6.45) is 5.75. The lowest BCUT2D eigenvalue weighted by Crippen LogP contribution is -2.26. The van der Waals surface area contributed by atoms with E-state index < -0.39 is 26.6 Å². The molecular weight excluding hydrogens is 262 g/mol. The van der Waals surface area contributed by atoms with Crippen molar-refractivity contribution >= 4 is 15.7 Å². The molecule has 1 aromatic carbocycles. The van der Waals surface area contributed by atoms with Gasteiger partial charge < -0.3 is 5.73 Å². The van der Waals surface area contributed by atoms with Crippen LogP contribution in [0, 0.1) is 24.0 Å². The zero-order valence-corrected chi connectivity index (χ0v) is 10.2. The fraction of sp³-hybridized carbons (Fsp3) is 0.273. The van der Waals surface area contributed by atoms with E-state index in [1.54, 1.807) is 0 Å². The van der Waals surface area contributed by atoms with E-state index in [-0.39, 0.29) is 12.2 Å². The van der Waals surface area contributed by atoms with Crippen LogP contribution in [0.4, 0.5) is 14.5 Å². The van der Waals surface area contributed by atoms with E-state index in [2.05, 4.69) is 10.6 Å². The van der Waals surface area contributed by atoms with Gasteiger partial charge in [0.05, 0.1) is 0 Å². The average Bonchev–Trinajstić information content (AvgIpc) is 2.22. The predicted octanol–water partition coefficient (Wildman–Crippen LogP) is 1.24. The first kappa shape index (κ1) is 14.4. The Labute approximate surface area is 104 Å². The Morgan fingerprint density at radius 1 is 1.33 bits per heavy atom. The molecule has 4 nitrogen and oxygen atoms in total. The number of nitrogens with two attached hydrogens (primary N) is 1. The normalized spacial score (nSPS) is 11.2. The number of sulfonamides is 1. The number of anilines is 1.